The third-order valence-electron chi connectivity index (χ3n) is 0. The standard InChI is InChI=1S/Ag.Cu.Ga.In.Li.H2O3SSe.4H/c;;;;;1-4(2,3)5;;;;/h;;;;;(H2,1,2,3,5);;;;. The van der Waals surface area contributed by atoms with Crippen LogP contribution < -0.4 is 0 Å². The van der Waals surface area contributed by atoms with Crippen LogP contribution in [0.3, 0.4) is 0 Å². The molecule has 0 fully saturated rings. The fraction of sp³-hybridized carbons (Fsp3) is 0. The van der Waals surface area contributed by atoms with E-state index in [1.165, 1.54) is 0 Å². The normalized spacial score (nSPS) is 5.80. The average molecular weight is 528 g/mol. The third-order valence-corrected chi connectivity index (χ3v) is 0. The molecule has 5 radical (unpaired) electrons. The molecule has 0 aliphatic rings. The van der Waals surface area contributed by atoms with Crippen molar-refractivity contribution in [3.63, 3.8) is 0 Å². The second-order valence-electron chi connectivity index (χ2n) is 0.448. The Morgan fingerprint density at radius 3 is 1.30 bits per heavy atom. The summed E-state index contributed by atoms with van der Waals surface area (Å²) in [5.74, 6) is 0. The Morgan fingerprint density at radius 2 is 1.30 bits per heavy atom. The molecule has 0 spiro atoms. The van der Waals surface area contributed by atoms with Crippen LogP contribution >= 0.6 is 0 Å². The van der Waals surface area contributed by atoms with Gasteiger partial charge in [-0.2, -0.15) is 0 Å². The summed E-state index contributed by atoms with van der Waals surface area (Å²) in [6, 6.07) is 0. The first-order valence-electron chi connectivity index (χ1n) is 0.698. The van der Waals surface area contributed by atoms with Gasteiger partial charge < -0.3 is 0 Å². The van der Waals surface area contributed by atoms with Gasteiger partial charge in [0, 0.05) is 65.3 Å². The Morgan fingerprint density at radius 1 is 1.30 bits per heavy atom. The number of rotatable bonds is 0. The summed E-state index contributed by atoms with van der Waals surface area (Å²) in [4.78, 5) is 0. The minimum absolute atomic E-state index is 0. The molecule has 1 N–H and O–H groups in total. The summed E-state index contributed by atoms with van der Waals surface area (Å²) in [5, 5.41) is 0. The monoisotopic (exact) mass is 527 g/mol. The molecule has 0 bridgehead atoms. The SMILES string of the molecule is O=S(=O)(O)[SeH].[Ag].[Cu].[GaH3].[In].[LiH]. The predicted octanol–water partition coefficient (Wildman–Crippen LogP) is -3.53. The van der Waals surface area contributed by atoms with Gasteiger partial charge in [-0.1, -0.05) is 0 Å². The molecule has 0 aromatic rings. The van der Waals surface area contributed by atoms with E-state index < -0.39 is 8.54 Å². The summed E-state index contributed by atoms with van der Waals surface area (Å²) in [6.07, 6.45) is 0. The molecule has 0 saturated heterocycles. The molecule has 0 amide bonds. The molecule has 10 heteroatoms. The molecule has 3 nitrogen and oxygen atoms in total. The van der Waals surface area contributed by atoms with Crippen LogP contribution in [0.25, 0.3) is 0 Å². The van der Waals surface area contributed by atoms with Gasteiger partial charge in [-0.15, -0.1) is 0 Å². The predicted molar refractivity (Wildman–Crippen MR) is 41.5 cm³/mol. The van der Waals surface area contributed by atoms with Crippen LogP contribution in [-0.4, -0.2) is 92.4 Å². The van der Waals surface area contributed by atoms with Crippen molar-refractivity contribution in [2.75, 3.05) is 0 Å². The molecule has 0 heterocycles. The van der Waals surface area contributed by atoms with E-state index in [9.17, 15) is 0 Å². The van der Waals surface area contributed by atoms with E-state index in [2.05, 4.69) is 0 Å². The first-order chi connectivity index (χ1) is 2.00. The van der Waals surface area contributed by atoms with E-state index in [1.807, 2.05) is 0 Å². The van der Waals surface area contributed by atoms with Crippen molar-refractivity contribution in [1.29, 1.82) is 0 Å². The topological polar surface area (TPSA) is 54.4 Å². The van der Waals surface area contributed by atoms with Crippen molar-refractivity contribution in [1.82, 2.24) is 0 Å². The van der Waals surface area contributed by atoms with Crippen molar-refractivity contribution in [3.05, 3.63) is 0 Å². The number of hydrogen-bond donors (Lipinski definition) is 1. The van der Waals surface area contributed by atoms with Gasteiger partial charge in [0.25, 0.3) is 0 Å². The van der Waals surface area contributed by atoms with Gasteiger partial charge in [0.2, 0.25) is 0 Å². The molecular formula is H6AgCuGaInLiO3SSe. The van der Waals surface area contributed by atoms with Crippen molar-refractivity contribution in [2.45, 2.75) is 0 Å². The summed E-state index contributed by atoms with van der Waals surface area (Å²) in [7, 11) is -3.73. The van der Waals surface area contributed by atoms with Crippen molar-refractivity contribution < 1.29 is 52.4 Å². The molecular weight excluding hydrogens is 522 g/mol. The third kappa shape index (κ3) is 95.5. The Bertz CT molecular complexity index is 112. The Kier molecular flexibility index (Phi) is 69.0. The van der Waals surface area contributed by atoms with Gasteiger partial charge in [-0.05, 0) is 0 Å². The minimum atomic E-state index is -3.73. The first kappa shape index (κ1) is 37.2. The summed E-state index contributed by atoms with van der Waals surface area (Å²) in [5.41, 5.74) is 0. The van der Waals surface area contributed by atoms with Crippen LogP contribution in [0, 0.1) is 0 Å². The Hall–Kier alpha value is 3.79. The molecule has 0 aliphatic carbocycles. The van der Waals surface area contributed by atoms with E-state index in [0.717, 1.165) is 14.9 Å². The van der Waals surface area contributed by atoms with Crippen LogP contribution in [0.15, 0.2) is 0 Å². The first-order valence-corrected chi connectivity index (χ1v) is 4.39. The van der Waals surface area contributed by atoms with Gasteiger partial charge in [-0.25, -0.2) is 0 Å². The van der Waals surface area contributed by atoms with Crippen LogP contribution in [0.1, 0.15) is 0 Å². The van der Waals surface area contributed by atoms with E-state index in [-0.39, 0.29) is 104 Å². The zero-order chi connectivity index (χ0) is 4.50. The van der Waals surface area contributed by atoms with Gasteiger partial charge in [0.05, 0.1) is 0 Å². The summed E-state index contributed by atoms with van der Waals surface area (Å²) >= 11 is 1.11. The zero-order valence-corrected chi connectivity index (χ0v) is 11.7. The van der Waals surface area contributed by atoms with Gasteiger partial charge in [0.1, 0.15) is 0 Å². The van der Waals surface area contributed by atoms with Crippen molar-refractivity contribution in [2.24, 2.45) is 0 Å². The maximum absolute atomic E-state index is 9.16. The molecule has 0 rings (SSSR count). The number of hydrogen-bond acceptors (Lipinski definition) is 2. The van der Waals surface area contributed by atoms with Gasteiger partial charge in [-0.3, -0.25) is 0 Å². The van der Waals surface area contributed by atoms with Crippen molar-refractivity contribution in [3.8, 4) is 0 Å². The van der Waals surface area contributed by atoms with E-state index in [1.54, 1.807) is 0 Å². The fourth-order valence-electron chi connectivity index (χ4n) is 0. The second kappa shape index (κ2) is 18.6. The average Bonchev–Trinajstić information content (AvgIpc) is 0.722. The molecule has 0 atom stereocenters. The molecule has 10 heavy (non-hydrogen) atoms. The molecule has 0 unspecified atom stereocenters. The van der Waals surface area contributed by atoms with E-state index >= 15 is 0 Å². The second-order valence-corrected chi connectivity index (χ2v) is 4.25. The van der Waals surface area contributed by atoms with Crippen molar-refractivity contribution >= 4 is 87.9 Å². The summed E-state index contributed by atoms with van der Waals surface area (Å²) in [6.45, 7) is 0. The van der Waals surface area contributed by atoms with E-state index in [0.29, 0.717) is 0 Å². The Balaban J connectivity index is -0.00000000800. The van der Waals surface area contributed by atoms with Crippen LogP contribution in [0.4, 0.5) is 0 Å². The van der Waals surface area contributed by atoms with Crippen LogP contribution in [0.5, 0.6) is 0 Å². The molecule has 0 aliphatic heterocycles. The van der Waals surface area contributed by atoms with Gasteiger partial charge >= 0.3 is 75.0 Å². The quantitative estimate of drug-likeness (QED) is 0.262. The van der Waals surface area contributed by atoms with Crippen LogP contribution in [-0.2, 0) is 48.0 Å². The molecule has 0 saturated carbocycles. The fourth-order valence-corrected chi connectivity index (χ4v) is 0. The Labute approximate surface area is 138 Å². The molecule has 65 valence electrons. The molecule has 0 aromatic carbocycles. The van der Waals surface area contributed by atoms with Crippen LogP contribution in [0.2, 0.25) is 0 Å². The van der Waals surface area contributed by atoms with Gasteiger partial charge in [0.15, 0.2) is 0 Å². The molecule has 0 aromatic heterocycles. The van der Waals surface area contributed by atoms with E-state index in [4.69, 9.17) is 13.0 Å². The maximum atomic E-state index is 9.16. The summed E-state index contributed by atoms with van der Waals surface area (Å²) < 4.78 is 25.8. The zero-order valence-electron chi connectivity index (χ0n) is 3.30.